The standard InChI is InChI=1S/C20H37NO3/c1-2-3-4-5-6-7-8-9-10-11-12-13-14-15-16-17-19(22)21-18-20(23)24/h9-10H,2-8,11-18H2,1H3,(H,21,22)(H,23,24)/b10-9-. The Labute approximate surface area is 148 Å². The summed E-state index contributed by atoms with van der Waals surface area (Å²) in [5, 5.41) is 10.8. The van der Waals surface area contributed by atoms with Crippen LogP contribution in [0.4, 0.5) is 0 Å². The lowest BCUT2D eigenvalue weighted by atomic mass is 10.1. The van der Waals surface area contributed by atoms with Gasteiger partial charge in [-0.15, -0.1) is 0 Å². The SMILES string of the molecule is CCCCCCCC/C=C\CCCCCCCC(=O)NCC(=O)O. The summed E-state index contributed by atoms with van der Waals surface area (Å²) in [5.74, 6) is -1.15. The Balaban J connectivity index is 3.20. The summed E-state index contributed by atoms with van der Waals surface area (Å²) < 4.78 is 0. The molecule has 0 heterocycles. The Hall–Kier alpha value is -1.32. The molecule has 0 radical (unpaired) electrons. The second-order valence-electron chi connectivity index (χ2n) is 6.50. The number of aliphatic carboxylic acids is 1. The lowest BCUT2D eigenvalue weighted by Gasteiger charge is -2.02. The Morgan fingerprint density at radius 2 is 1.29 bits per heavy atom. The van der Waals surface area contributed by atoms with Gasteiger partial charge in [-0.1, -0.05) is 70.4 Å². The van der Waals surface area contributed by atoms with Crippen molar-refractivity contribution in [2.75, 3.05) is 6.54 Å². The van der Waals surface area contributed by atoms with Crippen LogP contribution in [-0.4, -0.2) is 23.5 Å². The van der Waals surface area contributed by atoms with E-state index in [-0.39, 0.29) is 12.5 Å². The van der Waals surface area contributed by atoms with E-state index in [9.17, 15) is 9.59 Å². The van der Waals surface area contributed by atoms with Crippen LogP contribution in [0.3, 0.4) is 0 Å². The smallest absolute Gasteiger partial charge is 0.322 e. The summed E-state index contributed by atoms with van der Waals surface area (Å²) in [4.78, 5) is 21.6. The number of carboxylic acids is 1. The summed E-state index contributed by atoms with van der Waals surface area (Å²) >= 11 is 0. The van der Waals surface area contributed by atoms with Crippen molar-refractivity contribution < 1.29 is 14.7 Å². The molecule has 0 fully saturated rings. The van der Waals surface area contributed by atoms with E-state index in [4.69, 9.17) is 5.11 Å². The molecule has 4 nitrogen and oxygen atoms in total. The highest BCUT2D eigenvalue weighted by molar-refractivity contribution is 5.80. The molecule has 0 unspecified atom stereocenters. The van der Waals surface area contributed by atoms with Gasteiger partial charge >= 0.3 is 5.97 Å². The van der Waals surface area contributed by atoms with Gasteiger partial charge in [-0.05, 0) is 32.1 Å². The van der Waals surface area contributed by atoms with Gasteiger partial charge in [0.25, 0.3) is 0 Å². The molecule has 0 aliphatic rings. The summed E-state index contributed by atoms with van der Waals surface area (Å²) in [5.41, 5.74) is 0. The van der Waals surface area contributed by atoms with Crippen molar-refractivity contribution in [3.05, 3.63) is 12.2 Å². The maximum atomic E-state index is 11.3. The number of hydrogen-bond donors (Lipinski definition) is 2. The molecule has 0 aromatic carbocycles. The van der Waals surface area contributed by atoms with E-state index in [0.717, 1.165) is 25.7 Å². The molecule has 4 heteroatoms. The maximum Gasteiger partial charge on any atom is 0.322 e. The normalized spacial score (nSPS) is 11.0. The van der Waals surface area contributed by atoms with E-state index in [1.54, 1.807) is 0 Å². The molecular weight excluding hydrogens is 302 g/mol. The topological polar surface area (TPSA) is 66.4 Å². The quantitative estimate of drug-likeness (QED) is 0.282. The summed E-state index contributed by atoms with van der Waals surface area (Å²) in [6.07, 6.45) is 21.1. The first-order valence-electron chi connectivity index (χ1n) is 9.80. The first-order valence-corrected chi connectivity index (χ1v) is 9.80. The van der Waals surface area contributed by atoms with Gasteiger partial charge in [0.15, 0.2) is 0 Å². The van der Waals surface area contributed by atoms with Crippen molar-refractivity contribution in [3.63, 3.8) is 0 Å². The van der Waals surface area contributed by atoms with E-state index in [1.807, 2.05) is 0 Å². The molecule has 0 aromatic rings. The van der Waals surface area contributed by atoms with Crippen molar-refractivity contribution in [1.29, 1.82) is 0 Å². The highest BCUT2D eigenvalue weighted by Crippen LogP contribution is 2.09. The van der Waals surface area contributed by atoms with E-state index in [0.29, 0.717) is 6.42 Å². The van der Waals surface area contributed by atoms with Crippen LogP contribution in [0.2, 0.25) is 0 Å². The molecule has 0 aliphatic heterocycles. The number of nitrogens with one attached hydrogen (secondary N) is 1. The predicted molar refractivity (Wildman–Crippen MR) is 100 cm³/mol. The molecule has 0 spiro atoms. The van der Waals surface area contributed by atoms with Crippen molar-refractivity contribution in [2.45, 2.75) is 96.8 Å². The van der Waals surface area contributed by atoms with Crippen LogP contribution in [0.5, 0.6) is 0 Å². The third-order valence-electron chi connectivity index (χ3n) is 4.10. The lowest BCUT2D eigenvalue weighted by molar-refractivity contribution is -0.137. The molecule has 0 aromatic heterocycles. The zero-order chi connectivity index (χ0) is 17.9. The van der Waals surface area contributed by atoms with E-state index in [2.05, 4.69) is 24.4 Å². The fourth-order valence-corrected chi connectivity index (χ4v) is 2.62. The summed E-state index contributed by atoms with van der Waals surface area (Å²) in [7, 11) is 0. The molecule has 0 saturated carbocycles. The monoisotopic (exact) mass is 339 g/mol. The number of carboxylic acid groups (broad SMARTS) is 1. The van der Waals surface area contributed by atoms with Gasteiger partial charge in [-0.2, -0.15) is 0 Å². The van der Waals surface area contributed by atoms with Crippen LogP contribution in [0.15, 0.2) is 12.2 Å². The molecule has 0 saturated heterocycles. The van der Waals surface area contributed by atoms with Gasteiger partial charge in [-0.3, -0.25) is 9.59 Å². The van der Waals surface area contributed by atoms with Gasteiger partial charge in [0.05, 0.1) is 0 Å². The van der Waals surface area contributed by atoms with Gasteiger partial charge in [0.1, 0.15) is 6.54 Å². The van der Waals surface area contributed by atoms with Crippen molar-refractivity contribution in [1.82, 2.24) is 5.32 Å². The lowest BCUT2D eigenvalue weighted by Crippen LogP contribution is -2.28. The van der Waals surface area contributed by atoms with E-state index < -0.39 is 5.97 Å². The Morgan fingerprint density at radius 3 is 1.83 bits per heavy atom. The number of amides is 1. The molecule has 0 aliphatic carbocycles. The number of hydrogen-bond acceptors (Lipinski definition) is 2. The van der Waals surface area contributed by atoms with Gasteiger partial charge in [-0.25, -0.2) is 0 Å². The third-order valence-corrected chi connectivity index (χ3v) is 4.10. The maximum absolute atomic E-state index is 11.3. The highest BCUT2D eigenvalue weighted by Gasteiger charge is 2.02. The first kappa shape index (κ1) is 22.7. The molecule has 0 rings (SSSR count). The average molecular weight is 340 g/mol. The molecule has 140 valence electrons. The minimum Gasteiger partial charge on any atom is -0.480 e. The fraction of sp³-hybridized carbons (Fsp3) is 0.800. The summed E-state index contributed by atoms with van der Waals surface area (Å²) in [6.45, 7) is 1.98. The fourth-order valence-electron chi connectivity index (χ4n) is 2.62. The third kappa shape index (κ3) is 18.7. The van der Waals surface area contributed by atoms with Crippen LogP contribution in [-0.2, 0) is 9.59 Å². The highest BCUT2D eigenvalue weighted by atomic mass is 16.4. The van der Waals surface area contributed by atoms with Crippen molar-refractivity contribution in [3.8, 4) is 0 Å². The number of rotatable bonds is 17. The largest absolute Gasteiger partial charge is 0.480 e. The van der Waals surface area contributed by atoms with Gasteiger partial charge in [0, 0.05) is 6.42 Å². The molecule has 1 amide bonds. The van der Waals surface area contributed by atoms with Crippen molar-refractivity contribution in [2.24, 2.45) is 0 Å². The van der Waals surface area contributed by atoms with E-state index in [1.165, 1.54) is 57.8 Å². The number of carbonyl (C=O) groups excluding carboxylic acids is 1. The van der Waals surface area contributed by atoms with Gasteiger partial charge in [0.2, 0.25) is 5.91 Å². The Bertz CT molecular complexity index is 340. The van der Waals surface area contributed by atoms with Crippen LogP contribution in [0.25, 0.3) is 0 Å². The van der Waals surface area contributed by atoms with Crippen molar-refractivity contribution >= 4 is 11.9 Å². The molecule has 0 bridgehead atoms. The van der Waals surface area contributed by atoms with Crippen LogP contribution in [0, 0.1) is 0 Å². The second-order valence-corrected chi connectivity index (χ2v) is 6.50. The zero-order valence-corrected chi connectivity index (χ0v) is 15.5. The summed E-state index contributed by atoms with van der Waals surface area (Å²) in [6, 6.07) is 0. The van der Waals surface area contributed by atoms with Crippen LogP contribution in [0.1, 0.15) is 96.8 Å². The van der Waals surface area contributed by atoms with Gasteiger partial charge < -0.3 is 10.4 Å². The Morgan fingerprint density at radius 1 is 0.792 bits per heavy atom. The van der Waals surface area contributed by atoms with E-state index >= 15 is 0 Å². The number of carbonyl (C=O) groups is 2. The molecule has 2 N–H and O–H groups in total. The minimum absolute atomic E-state index is 0.157. The Kier molecular flexibility index (Phi) is 17.0. The molecule has 0 atom stereocenters. The predicted octanol–water partition coefficient (Wildman–Crippen LogP) is 5.22. The number of unbranched alkanes of at least 4 members (excludes halogenated alkanes) is 11. The minimum atomic E-state index is -0.993. The zero-order valence-electron chi connectivity index (χ0n) is 15.5. The second kappa shape index (κ2) is 18.0. The van der Waals surface area contributed by atoms with Crippen LogP contribution >= 0.6 is 0 Å². The number of allylic oxidation sites excluding steroid dienone is 2. The molecular formula is C20H37NO3. The van der Waals surface area contributed by atoms with Crippen LogP contribution < -0.4 is 5.32 Å². The molecule has 24 heavy (non-hydrogen) atoms. The first-order chi connectivity index (χ1) is 11.7. The average Bonchev–Trinajstić information content (AvgIpc) is 2.56.